The van der Waals surface area contributed by atoms with Gasteiger partial charge in [-0.05, 0) is 43.0 Å². The Hall–Kier alpha value is -2.50. The molecule has 1 heterocycles. The lowest BCUT2D eigenvalue weighted by Gasteiger charge is -2.35. The van der Waals surface area contributed by atoms with Crippen LogP contribution in [0, 0.1) is 0 Å². The zero-order valence-electron chi connectivity index (χ0n) is 16.3. The van der Waals surface area contributed by atoms with E-state index in [2.05, 4.69) is 34.3 Å². The van der Waals surface area contributed by atoms with Crippen molar-refractivity contribution in [3.63, 3.8) is 0 Å². The van der Waals surface area contributed by atoms with Crippen LogP contribution in [0.15, 0.2) is 48.5 Å². The van der Waals surface area contributed by atoms with Crippen LogP contribution in [0.3, 0.4) is 0 Å². The predicted octanol–water partition coefficient (Wildman–Crippen LogP) is 3.43. The number of carbonyl (C=O) groups is 1. The quantitative estimate of drug-likeness (QED) is 0.756. The Bertz CT molecular complexity index is 845. The molecular formula is C22H26ClN3O2. The maximum absolute atomic E-state index is 12.3. The number of hydrogen-bond acceptors (Lipinski definition) is 4. The number of nitrogens with one attached hydrogen (secondary N) is 1. The highest BCUT2D eigenvalue weighted by Gasteiger charge is 2.16. The summed E-state index contributed by atoms with van der Waals surface area (Å²) in [7, 11) is 3.74. The Morgan fingerprint density at radius 2 is 1.93 bits per heavy atom. The molecule has 5 nitrogen and oxygen atoms in total. The smallest absolute Gasteiger partial charge is 0.244 e. The van der Waals surface area contributed by atoms with Crippen molar-refractivity contribution in [1.82, 2.24) is 10.2 Å². The highest BCUT2D eigenvalue weighted by molar-refractivity contribution is 6.30. The molecule has 0 bridgehead atoms. The average molecular weight is 400 g/mol. The number of anilines is 1. The van der Waals surface area contributed by atoms with Gasteiger partial charge in [-0.2, -0.15) is 0 Å². The second-order valence-electron chi connectivity index (χ2n) is 6.86. The number of amides is 1. The van der Waals surface area contributed by atoms with Crippen molar-refractivity contribution in [1.29, 1.82) is 0 Å². The van der Waals surface area contributed by atoms with E-state index in [4.69, 9.17) is 16.3 Å². The van der Waals surface area contributed by atoms with Gasteiger partial charge in [0, 0.05) is 55.1 Å². The fourth-order valence-corrected chi connectivity index (χ4v) is 3.44. The summed E-state index contributed by atoms with van der Waals surface area (Å²) in [5, 5.41) is 3.57. The first-order chi connectivity index (χ1) is 13.6. The molecule has 2 aromatic carbocycles. The molecule has 1 N–H and O–H groups in total. The molecule has 3 rings (SSSR count). The third kappa shape index (κ3) is 5.27. The molecule has 148 valence electrons. The van der Waals surface area contributed by atoms with Gasteiger partial charge in [0.25, 0.3) is 0 Å². The monoisotopic (exact) mass is 399 g/mol. The predicted molar refractivity (Wildman–Crippen MR) is 115 cm³/mol. The standard InChI is InChI=1S/C22H26ClN3O2/c1-25-11-13-26(14-12-25)20-6-4-3-5-18(20)16-24-22(27)10-7-17-15-19(23)8-9-21(17)28-2/h3-10,15H,11-14,16H2,1-2H3,(H,24,27)/b10-7+. The van der Waals surface area contributed by atoms with Crippen LogP contribution in [0.5, 0.6) is 5.75 Å². The van der Waals surface area contributed by atoms with Crippen molar-refractivity contribution >= 4 is 29.3 Å². The van der Waals surface area contributed by atoms with Crippen molar-refractivity contribution < 1.29 is 9.53 Å². The molecule has 28 heavy (non-hydrogen) atoms. The summed E-state index contributed by atoms with van der Waals surface area (Å²) in [5.41, 5.74) is 3.08. The molecule has 0 radical (unpaired) electrons. The summed E-state index contributed by atoms with van der Waals surface area (Å²) in [6.45, 7) is 4.57. The topological polar surface area (TPSA) is 44.8 Å². The van der Waals surface area contributed by atoms with Gasteiger partial charge in [-0.15, -0.1) is 0 Å². The molecule has 0 aromatic heterocycles. The minimum atomic E-state index is -0.157. The van der Waals surface area contributed by atoms with Crippen molar-refractivity contribution in [2.24, 2.45) is 0 Å². The molecule has 0 aliphatic carbocycles. The van der Waals surface area contributed by atoms with Crippen LogP contribution in [-0.4, -0.2) is 51.1 Å². The summed E-state index contributed by atoms with van der Waals surface area (Å²) in [6, 6.07) is 13.6. The molecule has 0 saturated carbocycles. The zero-order valence-corrected chi connectivity index (χ0v) is 17.1. The number of halogens is 1. The summed E-state index contributed by atoms with van der Waals surface area (Å²) < 4.78 is 5.30. The number of nitrogens with zero attached hydrogens (tertiary/aromatic N) is 2. The van der Waals surface area contributed by atoms with Crippen molar-refractivity contribution in [2.75, 3.05) is 45.2 Å². The number of piperazine rings is 1. The lowest BCUT2D eigenvalue weighted by atomic mass is 10.1. The van der Waals surface area contributed by atoms with Gasteiger partial charge in [-0.25, -0.2) is 0 Å². The van der Waals surface area contributed by atoms with Gasteiger partial charge in [0.05, 0.1) is 7.11 Å². The van der Waals surface area contributed by atoms with Gasteiger partial charge >= 0.3 is 0 Å². The lowest BCUT2D eigenvalue weighted by molar-refractivity contribution is -0.116. The Balaban J connectivity index is 1.63. The fourth-order valence-electron chi connectivity index (χ4n) is 3.26. The molecule has 0 atom stereocenters. The highest BCUT2D eigenvalue weighted by Crippen LogP contribution is 2.24. The van der Waals surface area contributed by atoms with Crippen LogP contribution in [0.25, 0.3) is 6.08 Å². The SMILES string of the molecule is COc1ccc(Cl)cc1/C=C/C(=O)NCc1ccccc1N1CCN(C)CC1. The number of ether oxygens (including phenoxy) is 1. The van der Waals surface area contributed by atoms with Gasteiger partial charge in [-0.1, -0.05) is 29.8 Å². The third-order valence-corrected chi connectivity index (χ3v) is 5.13. The maximum atomic E-state index is 12.3. The molecule has 1 aliphatic heterocycles. The minimum Gasteiger partial charge on any atom is -0.496 e. The molecule has 1 amide bonds. The van der Waals surface area contributed by atoms with Crippen LogP contribution >= 0.6 is 11.6 Å². The molecule has 1 aliphatic rings. The molecule has 1 fully saturated rings. The van der Waals surface area contributed by atoms with Crippen molar-refractivity contribution in [3.05, 3.63) is 64.7 Å². The number of methoxy groups -OCH3 is 1. The highest BCUT2D eigenvalue weighted by atomic mass is 35.5. The van der Waals surface area contributed by atoms with E-state index >= 15 is 0 Å². The van der Waals surface area contributed by atoms with E-state index in [9.17, 15) is 4.79 Å². The Morgan fingerprint density at radius 3 is 2.68 bits per heavy atom. The Kier molecular flexibility index (Phi) is 6.95. The van der Waals surface area contributed by atoms with E-state index in [0.29, 0.717) is 17.3 Å². The van der Waals surface area contributed by atoms with E-state index in [-0.39, 0.29) is 5.91 Å². The fraction of sp³-hybridized carbons (Fsp3) is 0.318. The second kappa shape index (κ2) is 9.62. The second-order valence-corrected chi connectivity index (χ2v) is 7.29. The molecule has 0 spiro atoms. The molecule has 0 unspecified atom stereocenters. The van der Waals surface area contributed by atoms with E-state index in [1.807, 2.05) is 12.1 Å². The number of hydrogen-bond donors (Lipinski definition) is 1. The van der Waals surface area contributed by atoms with E-state index in [1.54, 1.807) is 31.4 Å². The number of para-hydroxylation sites is 1. The van der Waals surface area contributed by atoms with Crippen molar-refractivity contribution in [3.8, 4) is 5.75 Å². The Labute approximate surface area is 171 Å². The van der Waals surface area contributed by atoms with Crippen LogP contribution in [0.1, 0.15) is 11.1 Å². The minimum absolute atomic E-state index is 0.157. The van der Waals surface area contributed by atoms with Gasteiger partial charge < -0.3 is 19.9 Å². The number of likely N-dealkylation sites (N-methyl/N-ethyl adjacent to an activating group) is 1. The summed E-state index contributed by atoms with van der Waals surface area (Å²) in [4.78, 5) is 17.0. The first kappa shape index (κ1) is 20.2. The first-order valence-corrected chi connectivity index (χ1v) is 9.75. The summed E-state index contributed by atoms with van der Waals surface area (Å²) in [5.74, 6) is 0.518. The van der Waals surface area contributed by atoms with Gasteiger partial charge in [0.1, 0.15) is 5.75 Å². The van der Waals surface area contributed by atoms with Crippen LogP contribution in [-0.2, 0) is 11.3 Å². The molecule has 6 heteroatoms. The van der Waals surface area contributed by atoms with Gasteiger partial charge in [0.2, 0.25) is 5.91 Å². The third-order valence-electron chi connectivity index (χ3n) is 4.89. The maximum Gasteiger partial charge on any atom is 0.244 e. The number of rotatable bonds is 6. The normalized spacial score (nSPS) is 15.0. The first-order valence-electron chi connectivity index (χ1n) is 9.37. The van der Waals surface area contributed by atoms with Crippen LogP contribution in [0.2, 0.25) is 5.02 Å². The largest absolute Gasteiger partial charge is 0.496 e. The lowest BCUT2D eigenvalue weighted by Crippen LogP contribution is -2.45. The van der Waals surface area contributed by atoms with Crippen molar-refractivity contribution in [2.45, 2.75) is 6.54 Å². The molecule has 2 aromatic rings. The van der Waals surface area contributed by atoms with Gasteiger partial charge in [0.15, 0.2) is 0 Å². The number of carbonyl (C=O) groups excluding carboxylic acids is 1. The van der Waals surface area contributed by atoms with Gasteiger partial charge in [-0.3, -0.25) is 4.79 Å². The van der Waals surface area contributed by atoms with Crippen LogP contribution < -0.4 is 15.0 Å². The summed E-state index contributed by atoms with van der Waals surface area (Å²) >= 11 is 6.03. The van der Waals surface area contributed by atoms with Crippen LogP contribution in [0.4, 0.5) is 5.69 Å². The Morgan fingerprint density at radius 1 is 1.18 bits per heavy atom. The number of benzene rings is 2. The van der Waals surface area contributed by atoms with E-state index in [1.165, 1.54) is 11.8 Å². The molecular weight excluding hydrogens is 374 g/mol. The van der Waals surface area contributed by atoms with E-state index < -0.39 is 0 Å². The molecule has 1 saturated heterocycles. The average Bonchev–Trinajstić information content (AvgIpc) is 2.71. The summed E-state index contributed by atoms with van der Waals surface area (Å²) in [6.07, 6.45) is 3.22. The van der Waals surface area contributed by atoms with E-state index in [0.717, 1.165) is 37.3 Å². The zero-order chi connectivity index (χ0) is 19.9.